The summed E-state index contributed by atoms with van der Waals surface area (Å²) in [5, 5.41) is 5.58. The molecule has 7 heteroatoms. The molecule has 1 saturated heterocycles. The summed E-state index contributed by atoms with van der Waals surface area (Å²) in [5.74, 6) is -0.754. The molecule has 0 spiro atoms. The maximum Gasteiger partial charge on any atom is 0.260 e. The van der Waals surface area contributed by atoms with Gasteiger partial charge in [-0.2, -0.15) is 0 Å². The molecule has 2 N–H and O–H groups in total. The summed E-state index contributed by atoms with van der Waals surface area (Å²) >= 11 is 2.17. The van der Waals surface area contributed by atoms with Crippen LogP contribution >= 0.6 is 22.6 Å². The second kappa shape index (κ2) is 8.64. The van der Waals surface area contributed by atoms with Crippen molar-refractivity contribution in [2.45, 2.75) is 19.1 Å². The number of carbonyl (C=O) groups is 2. The number of halogens is 1. The van der Waals surface area contributed by atoms with Crippen LogP contribution in [0, 0.1) is 3.57 Å². The second-order valence-corrected chi connectivity index (χ2v) is 8.50. The normalized spacial score (nSPS) is 20.6. The highest BCUT2D eigenvalue weighted by Gasteiger charge is 2.27. The summed E-state index contributed by atoms with van der Waals surface area (Å²) < 4.78 is 6.39. The van der Waals surface area contributed by atoms with Crippen molar-refractivity contribution >= 4 is 45.7 Å². The minimum absolute atomic E-state index is 0.335. The Morgan fingerprint density at radius 1 is 1.17 bits per heavy atom. The van der Waals surface area contributed by atoms with E-state index in [4.69, 9.17) is 4.74 Å². The molecule has 2 aromatic carbocycles. The van der Waals surface area contributed by atoms with Crippen LogP contribution in [-0.2, 0) is 16.1 Å². The first-order valence-electron chi connectivity index (χ1n) is 9.50. The molecule has 6 nitrogen and oxygen atoms in total. The van der Waals surface area contributed by atoms with E-state index in [2.05, 4.69) is 50.3 Å². The number of imide groups is 1. The summed E-state index contributed by atoms with van der Waals surface area (Å²) in [6.07, 6.45) is 3.08. The molecule has 2 heterocycles. The first kappa shape index (κ1) is 20.1. The van der Waals surface area contributed by atoms with Crippen LogP contribution in [-0.4, -0.2) is 43.0 Å². The fourth-order valence-corrected chi connectivity index (χ4v) is 4.19. The Bertz CT molecular complexity index is 972. The van der Waals surface area contributed by atoms with E-state index >= 15 is 0 Å². The van der Waals surface area contributed by atoms with E-state index < -0.39 is 5.91 Å². The SMILES string of the molecule is CO[C@@H]1CCN(Cc2ccc(N/C=C3\C(=O)NC(=O)c4ccc(I)cc43)cc2)C1. The fraction of sp³-hybridized carbons (Fsp3) is 0.273. The molecule has 0 unspecified atom stereocenters. The highest BCUT2D eigenvalue weighted by atomic mass is 127. The van der Waals surface area contributed by atoms with Gasteiger partial charge in [-0.05, 0) is 64.9 Å². The minimum Gasteiger partial charge on any atom is -0.380 e. The van der Waals surface area contributed by atoms with Gasteiger partial charge in [0.2, 0.25) is 0 Å². The Morgan fingerprint density at radius 2 is 1.97 bits per heavy atom. The fourth-order valence-electron chi connectivity index (χ4n) is 3.69. The van der Waals surface area contributed by atoms with Gasteiger partial charge in [-0.1, -0.05) is 12.1 Å². The van der Waals surface area contributed by atoms with Gasteiger partial charge in [0.25, 0.3) is 11.8 Å². The molecule has 29 heavy (non-hydrogen) atoms. The van der Waals surface area contributed by atoms with Gasteiger partial charge in [-0.15, -0.1) is 0 Å². The van der Waals surface area contributed by atoms with E-state index in [0.717, 1.165) is 35.3 Å². The van der Waals surface area contributed by atoms with Crippen molar-refractivity contribution in [1.82, 2.24) is 10.2 Å². The van der Waals surface area contributed by atoms with Gasteiger partial charge in [0, 0.05) is 53.3 Å². The lowest BCUT2D eigenvalue weighted by Gasteiger charge is -2.19. The van der Waals surface area contributed by atoms with Crippen molar-refractivity contribution in [2.75, 3.05) is 25.5 Å². The van der Waals surface area contributed by atoms with Crippen LogP contribution in [0.3, 0.4) is 0 Å². The predicted molar refractivity (Wildman–Crippen MR) is 120 cm³/mol. The Balaban J connectivity index is 1.46. The molecule has 0 saturated carbocycles. The number of rotatable bonds is 5. The van der Waals surface area contributed by atoms with Crippen LogP contribution in [0.1, 0.15) is 27.9 Å². The third-order valence-electron chi connectivity index (χ3n) is 5.29. The molecule has 0 bridgehead atoms. The summed E-state index contributed by atoms with van der Waals surface area (Å²) in [4.78, 5) is 26.8. The minimum atomic E-state index is -0.393. The molecule has 150 valence electrons. The van der Waals surface area contributed by atoms with Crippen molar-refractivity contribution in [3.8, 4) is 0 Å². The van der Waals surface area contributed by atoms with Crippen LogP contribution in [0.5, 0.6) is 0 Å². The number of likely N-dealkylation sites (tertiary alicyclic amines) is 1. The number of nitrogens with one attached hydrogen (secondary N) is 2. The average molecular weight is 503 g/mol. The lowest BCUT2D eigenvalue weighted by Crippen LogP contribution is -2.36. The van der Waals surface area contributed by atoms with Gasteiger partial charge in [0.05, 0.1) is 11.7 Å². The van der Waals surface area contributed by atoms with Crippen molar-refractivity contribution in [2.24, 2.45) is 0 Å². The van der Waals surface area contributed by atoms with Crippen LogP contribution in [0.4, 0.5) is 5.69 Å². The lowest BCUT2D eigenvalue weighted by atomic mass is 9.95. The van der Waals surface area contributed by atoms with Crippen molar-refractivity contribution < 1.29 is 14.3 Å². The maximum absolute atomic E-state index is 12.3. The number of amides is 2. The van der Waals surface area contributed by atoms with E-state index in [9.17, 15) is 9.59 Å². The summed E-state index contributed by atoms with van der Waals surface area (Å²) in [5.41, 5.74) is 3.73. The number of ether oxygens (including phenoxy) is 1. The van der Waals surface area contributed by atoms with Crippen LogP contribution < -0.4 is 10.6 Å². The van der Waals surface area contributed by atoms with Crippen LogP contribution in [0.2, 0.25) is 0 Å². The van der Waals surface area contributed by atoms with Crippen molar-refractivity contribution in [3.05, 3.63) is 68.9 Å². The Labute approximate surface area is 183 Å². The number of fused-ring (bicyclic) bond motifs is 1. The third kappa shape index (κ3) is 4.52. The van der Waals surface area contributed by atoms with Gasteiger partial charge in [-0.3, -0.25) is 19.8 Å². The number of nitrogens with zero attached hydrogens (tertiary/aromatic N) is 1. The quantitative estimate of drug-likeness (QED) is 0.373. The summed E-state index contributed by atoms with van der Waals surface area (Å²) in [6, 6.07) is 13.6. The zero-order valence-corrected chi connectivity index (χ0v) is 18.2. The molecule has 2 amide bonds. The van der Waals surface area contributed by atoms with E-state index in [1.54, 1.807) is 19.4 Å². The smallest absolute Gasteiger partial charge is 0.260 e. The molecule has 1 fully saturated rings. The third-order valence-corrected chi connectivity index (χ3v) is 5.96. The van der Waals surface area contributed by atoms with Gasteiger partial charge in [0.15, 0.2) is 0 Å². The second-order valence-electron chi connectivity index (χ2n) is 7.25. The zero-order chi connectivity index (χ0) is 20.4. The van der Waals surface area contributed by atoms with Crippen molar-refractivity contribution in [3.63, 3.8) is 0 Å². The average Bonchev–Trinajstić information content (AvgIpc) is 3.16. The monoisotopic (exact) mass is 503 g/mol. The molecular formula is C22H22IN3O3. The van der Waals surface area contributed by atoms with Crippen molar-refractivity contribution in [1.29, 1.82) is 0 Å². The van der Waals surface area contributed by atoms with Gasteiger partial charge < -0.3 is 10.1 Å². The maximum atomic E-state index is 12.3. The number of carbonyl (C=O) groups excluding carboxylic acids is 2. The Kier molecular flexibility index (Phi) is 5.98. The zero-order valence-electron chi connectivity index (χ0n) is 16.1. The van der Waals surface area contributed by atoms with Gasteiger partial charge in [0.1, 0.15) is 0 Å². The van der Waals surface area contributed by atoms with E-state index in [1.807, 2.05) is 24.3 Å². The topological polar surface area (TPSA) is 70.7 Å². The highest BCUT2D eigenvalue weighted by Crippen LogP contribution is 2.26. The molecule has 0 aliphatic carbocycles. The molecule has 2 aliphatic rings. The van der Waals surface area contributed by atoms with Crippen LogP contribution in [0.15, 0.2) is 48.7 Å². The highest BCUT2D eigenvalue weighted by molar-refractivity contribution is 14.1. The molecule has 2 aliphatic heterocycles. The van der Waals surface area contributed by atoms with Gasteiger partial charge in [-0.25, -0.2) is 0 Å². The van der Waals surface area contributed by atoms with E-state index in [0.29, 0.717) is 22.8 Å². The molecule has 4 rings (SSSR count). The summed E-state index contributed by atoms with van der Waals surface area (Å²) in [7, 11) is 1.77. The first-order valence-corrected chi connectivity index (χ1v) is 10.6. The molecule has 1 atom stereocenters. The number of methoxy groups -OCH3 is 1. The Hall–Kier alpha value is -2.23. The largest absolute Gasteiger partial charge is 0.380 e. The summed E-state index contributed by atoms with van der Waals surface area (Å²) in [6.45, 7) is 2.92. The Morgan fingerprint density at radius 3 is 2.69 bits per heavy atom. The first-order chi connectivity index (χ1) is 14.0. The van der Waals surface area contributed by atoms with E-state index in [-0.39, 0.29) is 5.91 Å². The number of hydrogen-bond acceptors (Lipinski definition) is 5. The van der Waals surface area contributed by atoms with E-state index in [1.165, 1.54) is 5.56 Å². The van der Waals surface area contributed by atoms with Crippen LogP contribution in [0.25, 0.3) is 5.57 Å². The molecule has 0 radical (unpaired) electrons. The standard InChI is InChI=1S/C22H22IN3O3/c1-29-17-8-9-26(13-17)12-14-2-5-16(6-3-14)24-11-20-19-10-15(23)4-7-18(19)21(27)25-22(20)28/h2-7,10-11,17,24H,8-9,12-13H2,1H3,(H,25,27,28)/b20-11-/t17-/m1/s1. The molecular weight excluding hydrogens is 481 g/mol. The lowest BCUT2D eigenvalue weighted by molar-refractivity contribution is -0.114. The predicted octanol–water partition coefficient (Wildman–Crippen LogP) is 3.23. The number of hydrogen-bond donors (Lipinski definition) is 2. The number of benzene rings is 2. The van der Waals surface area contributed by atoms with Gasteiger partial charge >= 0.3 is 0 Å². The molecule has 2 aromatic rings. The molecule has 0 aromatic heterocycles. The number of anilines is 1.